The summed E-state index contributed by atoms with van der Waals surface area (Å²) in [7, 11) is 1.52. The molecule has 0 fully saturated rings. The van der Waals surface area contributed by atoms with Crippen LogP contribution in [0.15, 0.2) is 0 Å². The van der Waals surface area contributed by atoms with Crippen molar-refractivity contribution in [3.05, 3.63) is 0 Å². The van der Waals surface area contributed by atoms with Gasteiger partial charge < -0.3 is 16.0 Å². The Morgan fingerprint density at radius 1 is 1.23 bits per heavy atom. The van der Waals surface area contributed by atoms with Gasteiger partial charge in [0.05, 0.1) is 6.54 Å². The third-order valence-electron chi connectivity index (χ3n) is 1.36. The van der Waals surface area contributed by atoms with E-state index < -0.39 is 0 Å². The van der Waals surface area contributed by atoms with Gasteiger partial charge in [0.25, 0.3) is 0 Å². The number of urea groups is 1. The lowest BCUT2D eigenvalue weighted by atomic mass is 10.2. The van der Waals surface area contributed by atoms with E-state index in [1.54, 1.807) is 0 Å². The minimum absolute atomic E-state index is 0.0143. The second-order valence-electron chi connectivity index (χ2n) is 3.13. The summed E-state index contributed by atoms with van der Waals surface area (Å²) >= 11 is 0. The van der Waals surface area contributed by atoms with E-state index in [1.807, 2.05) is 13.8 Å². The van der Waals surface area contributed by atoms with E-state index in [2.05, 4.69) is 16.0 Å². The van der Waals surface area contributed by atoms with Crippen LogP contribution in [0.2, 0.25) is 0 Å². The van der Waals surface area contributed by atoms with Gasteiger partial charge in [-0.25, -0.2) is 4.79 Å². The first-order valence-electron chi connectivity index (χ1n) is 4.28. The molecule has 0 saturated heterocycles. The highest BCUT2D eigenvalue weighted by Gasteiger charge is 2.02. The molecule has 0 aromatic carbocycles. The summed E-state index contributed by atoms with van der Waals surface area (Å²) in [5.41, 5.74) is 0. The van der Waals surface area contributed by atoms with Crippen molar-refractivity contribution >= 4 is 11.9 Å². The van der Waals surface area contributed by atoms with E-state index in [4.69, 9.17) is 0 Å². The normalized spacial score (nSPS) is 9.54. The SMILES string of the molecule is CNC(=O)CNC(=O)NCC(C)C. The molecule has 0 aliphatic carbocycles. The van der Waals surface area contributed by atoms with Crippen LogP contribution in [0.25, 0.3) is 0 Å². The quantitative estimate of drug-likeness (QED) is 0.565. The first-order chi connectivity index (χ1) is 6.06. The number of amides is 3. The molecule has 0 saturated carbocycles. The second kappa shape index (κ2) is 6.28. The van der Waals surface area contributed by atoms with Crippen molar-refractivity contribution in [3.63, 3.8) is 0 Å². The fourth-order valence-electron chi connectivity index (χ4n) is 0.608. The van der Waals surface area contributed by atoms with Crippen molar-refractivity contribution in [2.45, 2.75) is 13.8 Å². The zero-order chi connectivity index (χ0) is 10.3. The molecule has 0 aromatic heterocycles. The lowest BCUT2D eigenvalue weighted by Crippen LogP contribution is -2.42. The molecule has 0 unspecified atom stereocenters. The molecule has 0 aliphatic heterocycles. The van der Waals surface area contributed by atoms with E-state index in [1.165, 1.54) is 7.05 Å². The van der Waals surface area contributed by atoms with Crippen molar-refractivity contribution in [2.24, 2.45) is 5.92 Å². The molecule has 3 N–H and O–H groups in total. The summed E-state index contributed by atoms with van der Waals surface area (Å²) in [6.07, 6.45) is 0. The first-order valence-corrected chi connectivity index (χ1v) is 4.28. The summed E-state index contributed by atoms with van der Waals surface area (Å²) in [5, 5.41) is 7.46. The molecule has 0 spiro atoms. The predicted octanol–water partition coefficient (Wildman–Crippen LogP) is -0.312. The van der Waals surface area contributed by atoms with Crippen molar-refractivity contribution in [1.82, 2.24) is 16.0 Å². The smallest absolute Gasteiger partial charge is 0.315 e. The topological polar surface area (TPSA) is 70.2 Å². The number of hydrogen-bond acceptors (Lipinski definition) is 2. The highest BCUT2D eigenvalue weighted by atomic mass is 16.2. The third-order valence-corrected chi connectivity index (χ3v) is 1.36. The van der Waals surface area contributed by atoms with Gasteiger partial charge in [0, 0.05) is 13.6 Å². The van der Waals surface area contributed by atoms with Crippen LogP contribution in [-0.2, 0) is 4.79 Å². The Morgan fingerprint density at radius 2 is 1.85 bits per heavy atom. The maximum atomic E-state index is 11.0. The zero-order valence-electron chi connectivity index (χ0n) is 8.31. The minimum atomic E-state index is -0.308. The molecule has 0 rings (SSSR count). The van der Waals surface area contributed by atoms with Gasteiger partial charge in [0.1, 0.15) is 0 Å². The second-order valence-corrected chi connectivity index (χ2v) is 3.13. The molecule has 0 aliphatic rings. The summed E-state index contributed by atoms with van der Waals surface area (Å²) in [6.45, 7) is 4.62. The molecule has 3 amide bonds. The Hall–Kier alpha value is -1.26. The maximum Gasteiger partial charge on any atom is 0.315 e. The average Bonchev–Trinajstić information content (AvgIpc) is 2.10. The standard InChI is InChI=1S/C8H17N3O2/c1-6(2)4-10-8(13)11-5-7(12)9-3/h6H,4-5H2,1-3H3,(H,9,12)(H2,10,11,13). The molecule has 5 heteroatoms. The van der Waals surface area contributed by atoms with Crippen molar-refractivity contribution in [1.29, 1.82) is 0 Å². The number of likely N-dealkylation sites (N-methyl/N-ethyl adjacent to an activating group) is 1. The molecular formula is C8H17N3O2. The minimum Gasteiger partial charge on any atom is -0.358 e. The van der Waals surface area contributed by atoms with Crippen LogP contribution in [-0.4, -0.2) is 32.1 Å². The van der Waals surface area contributed by atoms with E-state index in [9.17, 15) is 9.59 Å². The van der Waals surface area contributed by atoms with Gasteiger partial charge in [-0.1, -0.05) is 13.8 Å². The molecule has 0 bridgehead atoms. The van der Waals surface area contributed by atoms with Gasteiger partial charge in [-0.15, -0.1) is 0 Å². The van der Waals surface area contributed by atoms with Crippen LogP contribution in [0.4, 0.5) is 4.79 Å². The van der Waals surface area contributed by atoms with Gasteiger partial charge in [0.2, 0.25) is 5.91 Å². The summed E-state index contributed by atoms with van der Waals surface area (Å²) in [5.74, 6) is 0.199. The Morgan fingerprint density at radius 3 is 2.31 bits per heavy atom. The molecule has 5 nitrogen and oxygen atoms in total. The Bertz CT molecular complexity index is 180. The lowest BCUT2D eigenvalue weighted by molar-refractivity contribution is -0.119. The van der Waals surface area contributed by atoms with Gasteiger partial charge in [-0.05, 0) is 5.92 Å². The van der Waals surface area contributed by atoms with Crippen LogP contribution in [0.1, 0.15) is 13.8 Å². The summed E-state index contributed by atoms with van der Waals surface area (Å²) < 4.78 is 0. The van der Waals surface area contributed by atoms with Gasteiger partial charge >= 0.3 is 6.03 Å². The number of carbonyl (C=O) groups excluding carboxylic acids is 2. The van der Waals surface area contributed by atoms with Crippen LogP contribution in [0.5, 0.6) is 0 Å². The van der Waals surface area contributed by atoms with Crippen LogP contribution >= 0.6 is 0 Å². The highest BCUT2D eigenvalue weighted by Crippen LogP contribution is 1.85. The van der Waals surface area contributed by atoms with Gasteiger partial charge in [-0.2, -0.15) is 0 Å². The van der Waals surface area contributed by atoms with Crippen LogP contribution in [0.3, 0.4) is 0 Å². The molecular weight excluding hydrogens is 170 g/mol. The predicted molar refractivity (Wildman–Crippen MR) is 50.3 cm³/mol. The van der Waals surface area contributed by atoms with E-state index in [-0.39, 0.29) is 18.5 Å². The first kappa shape index (κ1) is 11.7. The average molecular weight is 187 g/mol. The van der Waals surface area contributed by atoms with Gasteiger partial charge in [0.15, 0.2) is 0 Å². The molecule has 76 valence electrons. The fourth-order valence-corrected chi connectivity index (χ4v) is 0.608. The Balaban J connectivity index is 3.46. The Kier molecular flexibility index (Phi) is 5.67. The lowest BCUT2D eigenvalue weighted by Gasteiger charge is -2.08. The molecule has 0 atom stereocenters. The van der Waals surface area contributed by atoms with E-state index in [0.717, 1.165) is 0 Å². The molecule has 13 heavy (non-hydrogen) atoms. The van der Waals surface area contributed by atoms with E-state index in [0.29, 0.717) is 12.5 Å². The number of rotatable bonds is 4. The van der Waals surface area contributed by atoms with E-state index >= 15 is 0 Å². The summed E-state index contributed by atoms with van der Waals surface area (Å²) in [4.78, 5) is 21.7. The Labute approximate surface area is 78.3 Å². The highest BCUT2D eigenvalue weighted by molar-refractivity contribution is 5.83. The number of carbonyl (C=O) groups is 2. The number of nitrogens with one attached hydrogen (secondary N) is 3. The van der Waals surface area contributed by atoms with Crippen molar-refractivity contribution in [2.75, 3.05) is 20.1 Å². The van der Waals surface area contributed by atoms with Crippen molar-refractivity contribution in [3.8, 4) is 0 Å². The largest absolute Gasteiger partial charge is 0.358 e. The fraction of sp³-hybridized carbons (Fsp3) is 0.750. The van der Waals surface area contributed by atoms with Crippen molar-refractivity contribution < 1.29 is 9.59 Å². The third kappa shape index (κ3) is 7.11. The molecule has 0 aromatic rings. The molecule has 0 heterocycles. The maximum absolute atomic E-state index is 11.0. The molecule has 0 radical (unpaired) electrons. The monoisotopic (exact) mass is 187 g/mol. The van der Waals surface area contributed by atoms with Crippen LogP contribution < -0.4 is 16.0 Å². The number of hydrogen-bond donors (Lipinski definition) is 3. The van der Waals surface area contributed by atoms with Gasteiger partial charge in [-0.3, -0.25) is 4.79 Å². The zero-order valence-corrected chi connectivity index (χ0v) is 8.31. The van der Waals surface area contributed by atoms with Crippen LogP contribution in [0, 0.1) is 5.92 Å². The summed E-state index contributed by atoms with van der Waals surface area (Å²) in [6, 6.07) is -0.308.